The minimum atomic E-state index is -0.198. The summed E-state index contributed by atoms with van der Waals surface area (Å²) in [7, 11) is 0. The number of carbonyl (C=O) groups excluding carboxylic acids is 1. The first-order valence-corrected chi connectivity index (χ1v) is 4.53. The SMILES string of the molecule is C=CCC(C(N)=O)C(C)CCC. The number of amides is 1. The summed E-state index contributed by atoms with van der Waals surface area (Å²) in [4.78, 5) is 11.0. The minimum Gasteiger partial charge on any atom is -0.369 e. The van der Waals surface area contributed by atoms with Crippen molar-refractivity contribution < 1.29 is 4.79 Å². The third-order valence-electron chi connectivity index (χ3n) is 2.22. The number of allylic oxidation sites excluding steroid dienone is 1. The molecular formula is C10H19NO. The van der Waals surface area contributed by atoms with Crippen molar-refractivity contribution in [2.24, 2.45) is 17.6 Å². The Bertz CT molecular complexity index is 154. The monoisotopic (exact) mass is 169 g/mol. The molecule has 0 aliphatic rings. The van der Waals surface area contributed by atoms with Gasteiger partial charge in [-0.3, -0.25) is 4.79 Å². The molecule has 2 N–H and O–H groups in total. The number of primary amides is 1. The summed E-state index contributed by atoms with van der Waals surface area (Å²) in [5.74, 6) is 0.156. The zero-order chi connectivity index (χ0) is 9.56. The van der Waals surface area contributed by atoms with Crippen LogP contribution < -0.4 is 5.73 Å². The predicted molar refractivity (Wildman–Crippen MR) is 51.6 cm³/mol. The Morgan fingerprint density at radius 2 is 2.25 bits per heavy atom. The zero-order valence-corrected chi connectivity index (χ0v) is 8.05. The van der Waals surface area contributed by atoms with Crippen LogP contribution in [-0.4, -0.2) is 5.91 Å². The van der Waals surface area contributed by atoms with E-state index in [4.69, 9.17) is 5.73 Å². The maximum atomic E-state index is 11.0. The molecule has 0 bridgehead atoms. The molecule has 0 saturated carbocycles. The fourth-order valence-electron chi connectivity index (χ4n) is 1.46. The van der Waals surface area contributed by atoms with Crippen LogP contribution in [0.4, 0.5) is 0 Å². The first-order chi connectivity index (χ1) is 5.63. The van der Waals surface area contributed by atoms with E-state index in [1.807, 2.05) is 0 Å². The van der Waals surface area contributed by atoms with Crippen molar-refractivity contribution in [3.8, 4) is 0 Å². The molecule has 1 amide bonds. The van der Waals surface area contributed by atoms with Crippen LogP contribution in [0.15, 0.2) is 12.7 Å². The zero-order valence-electron chi connectivity index (χ0n) is 8.05. The third kappa shape index (κ3) is 3.56. The highest BCUT2D eigenvalue weighted by molar-refractivity contribution is 5.77. The Hall–Kier alpha value is -0.790. The summed E-state index contributed by atoms with van der Waals surface area (Å²) in [6.07, 6.45) is 4.63. The molecule has 2 heteroatoms. The van der Waals surface area contributed by atoms with Gasteiger partial charge in [0.1, 0.15) is 0 Å². The Kier molecular flexibility index (Phi) is 5.43. The Morgan fingerprint density at radius 1 is 1.67 bits per heavy atom. The van der Waals surface area contributed by atoms with Gasteiger partial charge in [0.2, 0.25) is 5.91 Å². The van der Waals surface area contributed by atoms with Crippen molar-refractivity contribution in [1.29, 1.82) is 0 Å². The minimum absolute atomic E-state index is 0.0255. The fourth-order valence-corrected chi connectivity index (χ4v) is 1.46. The number of nitrogens with two attached hydrogens (primary N) is 1. The normalized spacial score (nSPS) is 15.2. The first kappa shape index (κ1) is 11.2. The molecule has 0 spiro atoms. The van der Waals surface area contributed by atoms with Crippen molar-refractivity contribution in [3.05, 3.63) is 12.7 Å². The van der Waals surface area contributed by atoms with E-state index in [1.54, 1.807) is 6.08 Å². The Labute approximate surface area is 74.8 Å². The van der Waals surface area contributed by atoms with Crippen LogP contribution in [0.1, 0.15) is 33.1 Å². The molecule has 2 nitrogen and oxygen atoms in total. The van der Waals surface area contributed by atoms with E-state index in [9.17, 15) is 4.79 Å². The highest BCUT2D eigenvalue weighted by Gasteiger charge is 2.20. The van der Waals surface area contributed by atoms with E-state index in [0.717, 1.165) is 12.8 Å². The van der Waals surface area contributed by atoms with Gasteiger partial charge in [-0.25, -0.2) is 0 Å². The van der Waals surface area contributed by atoms with Crippen LogP contribution in [0.2, 0.25) is 0 Å². The molecule has 0 saturated heterocycles. The summed E-state index contributed by atoms with van der Waals surface area (Å²) in [6.45, 7) is 7.80. The summed E-state index contributed by atoms with van der Waals surface area (Å²) in [5.41, 5.74) is 5.27. The summed E-state index contributed by atoms with van der Waals surface area (Å²) in [6, 6.07) is 0. The lowest BCUT2D eigenvalue weighted by atomic mass is 9.87. The molecule has 0 aliphatic carbocycles. The smallest absolute Gasteiger partial charge is 0.221 e. The van der Waals surface area contributed by atoms with Gasteiger partial charge < -0.3 is 5.73 Å². The number of rotatable bonds is 6. The topological polar surface area (TPSA) is 43.1 Å². The van der Waals surface area contributed by atoms with Gasteiger partial charge in [0.15, 0.2) is 0 Å². The van der Waals surface area contributed by atoms with Gasteiger partial charge in [-0.15, -0.1) is 6.58 Å². The molecule has 0 aromatic rings. The first-order valence-electron chi connectivity index (χ1n) is 4.53. The summed E-state index contributed by atoms with van der Waals surface area (Å²) >= 11 is 0. The van der Waals surface area contributed by atoms with Crippen LogP contribution in [0, 0.1) is 11.8 Å². The fraction of sp³-hybridized carbons (Fsp3) is 0.700. The van der Waals surface area contributed by atoms with Gasteiger partial charge in [0, 0.05) is 5.92 Å². The average Bonchev–Trinajstić information content (AvgIpc) is 1.99. The molecule has 2 unspecified atom stereocenters. The van der Waals surface area contributed by atoms with Crippen molar-refractivity contribution in [2.75, 3.05) is 0 Å². The van der Waals surface area contributed by atoms with E-state index in [-0.39, 0.29) is 11.8 Å². The van der Waals surface area contributed by atoms with Crippen LogP contribution >= 0.6 is 0 Å². The lowest BCUT2D eigenvalue weighted by Crippen LogP contribution is -2.28. The quantitative estimate of drug-likeness (QED) is 0.608. The van der Waals surface area contributed by atoms with E-state index in [2.05, 4.69) is 20.4 Å². The van der Waals surface area contributed by atoms with Crippen molar-refractivity contribution >= 4 is 5.91 Å². The molecule has 12 heavy (non-hydrogen) atoms. The maximum absolute atomic E-state index is 11.0. The van der Waals surface area contributed by atoms with Crippen LogP contribution in [-0.2, 0) is 4.79 Å². The van der Waals surface area contributed by atoms with Gasteiger partial charge >= 0.3 is 0 Å². The third-order valence-corrected chi connectivity index (χ3v) is 2.22. The molecule has 0 aromatic carbocycles. The van der Waals surface area contributed by atoms with Crippen LogP contribution in [0.25, 0.3) is 0 Å². The lowest BCUT2D eigenvalue weighted by molar-refractivity contribution is -0.123. The molecule has 0 fully saturated rings. The van der Waals surface area contributed by atoms with E-state index >= 15 is 0 Å². The van der Waals surface area contributed by atoms with E-state index in [0.29, 0.717) is 12.3 Å². The highest BCUT2D eigenvalue weighted by Crippen LogP contribution is 2.20. The van der Waals surface area contributed by atoms with Gasteiger partial charge in [0.05, 0.1) is 0 Å². The van der Waals surface area contributed by atoms with Gasteiger partial charge in [-0.2, -0.15) is 0 Å². The average molecular weight is 169 g/mol. The van der Waals surface area contributed by atoms with Gasteiger partial charge in [-0.05, 0) is 12.3 Å². The van der Waals surface area contributed by atoms with Gasteiger partial charge in [-0.1, -0.05) is 32.8 Å². The molecule has 0 radical (unpaired) electrons. The Balaban J connectivity index is 4.08. The second-order valence-electron chi connectivity index (χ2n) is 3.30. The maximum Gasteiger partial charge on any atom is 0.221 e. The largest absolute Gasteiger partial charge is 0.369 e. The van der Waals surface area contributed by atoms with Crippen LogP contribution in [0.3, 0.4) is 0 Å². The molecule has 0 aromatic heterocycles. The van der Waals surface area contributed by atoms with E-state index < -0.39 is 0 Å². The Morgan fingerprint density at radius 3 is 2.58 bits per heavy atom. The van der Waals surface area contributed by atoms with Crippen molar-refractivity contribution in [3.63, 3.8) is 0 Å². The molecule has 0 heterocycles. The van der Waals surface area contributed by atoms with Crippen molar-refractivity contribution in [2.45, 2.75) is 33.1 Å². The molecule has 0 aliphatic heterocycles. The second-order valence-corrected chi connectivity index (χ2v) is 3.30. The van der Waals surface area contributed by atoms with Gasteiger partial charge in [0.25, 0.3) is 0 Å². The van der Waals surface area contributed by atoms with Crippen molar-refractivity contribution in [1.82, 2.24) is 0 Å². The molecule has 2 atom stereocenters. The lowest BCUT2D eigenvalue weighted by Gasteiger charge is -2.18. The van der Waals surface area contributed by atoms with Crippen LogP contribution in [0.5, 0.6) is 0 Å². The number of carbonyl (C=O) groups is 1. The second kappa shape index (κ2) is 5.81. The summed E-state index contributed by atoms with van der Waals surface area (Å²) in [5, 5.41) is 0. The molecule has 0 rings (SSSR count). The molecule has 70 valence electrons. The highest BCUT2D eigenvalue weighted by atomic mass is 16.1. The summed E-state index contributed by atoms with van der Waals surface area (Å²) < 4.78 is 0. The molecular weight excluding hydrogens is 150 g/mol. The standard InChI is InChI=1S/C10H19NO/c1-4-6-8(3)9(7-5-2)10(11)12/h5,8-9H,2,4,6-7H2,1,3H3,(H2,11,12). The van der Waals surface area contributed by atoms with E-state index in [1.165, 1.54) is 0 Å². The predicted octanol–water partition coefficient (Wildman–Crippen LogP) is 2.10. The number of hydrogen-bond donors (Lipinski definition) is 1. The number of hydrogen-bond acceptors (Lipinski definition) is 1.